The molecule has 0 radical (unpaired) electrons. The highest BCUT2D eigenvalue weighted by molar-refractivity contribution is 7.89. The molecule has 0 unspecified atom stereocenters. The van der Waals surface area contributed by atoms with Crippen molar-refractivity contribution in [2.45, 2.75) is 38.5 Å². The normalized spacial score (nSPS) is 16.8. The fraction of sp³-hybridized carbons (Fsp3) is 0.391. The number of hydrogen-bond donors (Lipinski definition) is 0. The number of carbonyl (C=O) groups excluding carboxylic acids is 1. The molecule has 3 aromatic rings. The van der Waals surface area contributed by atoms with Crippen molar-refractivity contribution in [1.29, 1.82) is 0 Å². The summed E-state index contributed by atoms with van der Waals surface area (Å²) in [5.74, 6) is -0.415. The average molecular weight is 458 g/mol. The van der Waals surface area contributed by atoms with Gasteiger partial charge >= 0.3 is 0 Å². The first-order valence-corrected chi connectivity index (χ1v) is 12.7. The highest BCUT2D eigenvalue weighted by Gasteiger charge is 2.32. The van der Waals surface area contributed by atoms with Crippen molar-refractivity contribution in [1.82, 2.24) is 8.87 Å². The molecule has 0 bridgehead atoms. The fourth-order valence-corrected chi connectivity index (χ4v) is 6.70. The number of benzene rings is 2. The molecule has 1 aliphatic heterocycles. The molecular formula is C23H27N3O3S2. The lowest BCUT2D eigenvalue weighted by atomic mass is 9.98. The molecule has 0 N–H and O–H groups in total. The number of hydrogen-bond acceptors (Lipinski definition) is 4. The topological polar surface area (TPSA) is 71.7 Å². The first kappa shape index (κ1) is 21.9. The van der Waals surface area contributed by atoms with Crippen molar-refractivity contribution in [3.8, 4) is 0 Å². The summed E-state index contributed by atoms with van der Waals surface area (Å²) in [5.41, 5.74) is 4.45. The van der Waals surface area contributed by atoms with Crippen molar-refractivity contribution in [3.05, 3.63) is 57.9 Å². The van der Waals surface area contributed by atoms with E-state index in [1.54, 1.807) is 24.3 Å². The monoisotopic (exact) mass is 457 g/mol. The summed E-state index contributed by atoms with van der Waals surface area (Å²) >= 11 is 1.53. The minimum absolute atomic E-state index is 0.162. The molecular weight excluding hydrogens is 430 g/mol. The molecule has 0 aliphatic carbocycles. The van der Waals surface area contributed by atoms with Crippen LogP contribution in [0.3, 0.4) is 0 Å². The van der Waals surface area contributed by atoms with E-state index in [4.69, 9.17) is 0 Å². The Bertz CT molecular complexity index is 1310. The van der Waals surface area contributed by atoms with E-state index in [0.29, 0.717) is 35.6 Å². The highest BCUT2D eigenvalue weighted by Crippen LogP contribution is 2.26. The Kier molecular flexibility index (Phi) is 5.89. The first-order chi connectivity index (χ1) is 14.7. The van der Waals surface area contributed by atoms with Crippen LogP contribution in [0.1, 0.15) is 29.5 Å². The molecule has 6 nitrogen and oxygen atoms in total. The third-order valence-corrected chi connectivity index (χ3v) is 9.19. The van der Waals surface area contributed by atoms with Crippen LogP contribution in [0.25, 0.3) is 10.2 Å². The molecule has 2 heterocycles. The van der Waals surface area contributed by atoms with Crippen LogP contribution in [0, 0.1) is 26.7 Å². The number of piperidine rings is 1. The maximum Gasteiger partial charge on any atom is 0.251 e. The minimum atomic E-state index is -3.53. The molecule has 2 aromatic carbocycles. The molecule has 164 valence electrons. The Hall–Kier alpha value is -2.29. The number of aryl methyl sites for hydroxylation is 4. The zero-order chi connectivity index (χ0) is 22.3. The summed E-state index contributed by atoms with van der Waals surface area (Å²) in [7, 11) is -1.59. The van der Waals surface area contributed by atoms with E-state index in [1.807, 2.05) is 18.5 Å². The van der Waals surface area contributed by atoms with Crippen LogP contribution in [0.2, 0.25) is 0 Å². The van der Waals surface area contributed by atoms with Gasteiger partial charge in [-0.3, -0.25) is 4.79 Å². The maximum absolute atomic E-state index is 12.9. The lowest BCUT2D eigenvalue weighted by Gasteiger charge is -2.29. The van der Waals surface area contributed by atoms with Crippen molar-refractivity contribution >= 4 is 37.5 Å². The van der Waals surface area contributed by atoms with E-state index in [9.17, 15) is 13.2 Å². The molecule has 4 rings (SSSR count). The van der Waals surface area contributed by atoms with Gasteiger partial charge in [-0.2, -0.15) is 9.30 Å². The number of fused-ring (bicyclic) bond motifs is 1. The van der Waals surface area contributed by atoms with E-state index < -0.39 is 10.0 Å². The van der Waals surface area contributed by atoms with Gasteiger partial charge in [0.2, 0.25) is 10.0 Å². The van der Waals surface area contributed by atoms with Gasteiger partial charge in [-0.25, -0.2) is 8.42 Å². The van der Waals surface area contributed by atoms with Gasteiger partial charge in [0.15, 0.2) is 4.80 Å². The average Bonchev–Trinajstić information content (AvgIpc) is 3.08. The van der Waals surface area contributed by atoms with Gasteiger partial charge in [0, 0.05) is 26.1 Å². The second-order valence-corrected chi connectivity index (χ2v) is 11.2. The van der Waals surface area contributed by atoms with E-state index >= 15 is 0 Å². The fourth-order valence-electron chi connectivity index (χ4n) is 4.06. The maximum atomic E-state index is 12.9. The lowest BCUT2D eigenvalue weighted by Crippen LogP contribution is -2.40. The number of carbonyl (C=O) groups is 1. The summed E-state index contributed by atoms with van der Waals surface area (Å²) in [6.45, 7) is 6.71. The predicted octanol–water partition coefficient (Wildman–Crippen LogP) is 3.69. The molecule has 1 saturated heterocycles. The van der Waals surface area contributed by atoms with Gasteiger partial charge in [0.05, 0.1) is 15.1 Å². The van der Waals surface area contributed by atoms with E-state index in [2.05, 4.69) is 31.0 Å². The summed E-state index contributed by atoms with van der Waals surface area (Å²) in [5, 5.41) is 0. The molecule has 1 aromatic heterocycles. The van der Waals surface area contributed by atoms with Crippen LogP contribution in [-0.4, -0.2) is 36.3 Å². The Morgan fingerprint density at radius 3 is 2.23 bits per heavy atom. The van der Waals surface area contributed by atoms with Crippen LogP contribution in [0.4, 0.5) is 0 Å². The van der Waals surface area contributed by atoms with E-state index in [1.165, 1.54) is 21.2 Å². The summed E-state index contributed by atoms with van der Waals surface area (Å²) in [6, 6.07) is 11.1. The number of rotatable bonds is 3. The molecule has 1 amide bonds. The van der Waals surface area contributed by atoms with Gasteiger partial charge in [-0.15, -0.1) is 0 Å². The van der Waals surface area contributed by atoms with Gasteiger partial charge in [0.1, 0.15) is 0 Å². The zero-order valence-corrected chi connectivity index (χ0v) is 19.9. The van der Waals surface area contributed by atoms with Gasteiger partial charge < -0.3 is 4.57 Å². The number of thiazole rings is 1. The molecule has 1 fully saturated rings. The van der Waals surface area contributed by atoms with Crippen molar-refractivity contribution in [2.75, 3.05) is 13.1 Å². The second kappa shape index (κ2) is 8.33. The lowest BCUT2D eigenvalue weighted by molar-refractivity contribution is -0.122. The summed E-state index contributed by atoms with van der Waals surface area (Å²) in [4.78, 5) is 18.3. The number of sulfonamides is 1. The molecule has 1 aliphatic rings. The molecule has 31 heavy (non-hydrogen) atoms. The molecule has 0 saturated carbocycles. The van der Waals surface area contributed by atoms with E-state index in [0.717, 1.165) is 21.3 Å². The Morgan fingerprint density at radius 2 is 1.61 bits per heavy atom. The van der Waals surface area contributed by atoms with Crippen LogP contribution in [0.15, 0.2) is 46.3 Å². The third kappa shape index (κ3) is 4.12. The first-order valence-electron chi connectivity index (χ1n) is 10.4. The van der Waals surface area contributed by atoms with Gasteiger partial charge in [-0.1, -0.05) is 41.2 Å². The Morgan fingerprint density at radius 1 is 1.00 bits per heavy atom. The standard InChI is InChI=1S/C23H27N3O3S2/c1-15-5-9-19(10-6-15)31(28,29)26-13-11-18(12-14-26)22(27)24-23-25(4)20-16(2)7-8-17(3)21(20)30-23/h5-10,18H,11-14H2,1-4H3. The Labute approximate surface area is 186 Å². The van der Waals surface area contributed by atoms with Crippen molar-refractivity contribution in [2.24, 2.45) is 18.0 Å². The zero-order valence-electron chi connectivity index (χ0n) is 18.3. The van der Waals surface area contributed by atoms with Crippen molar-refractivity contribution in [3.63, 3.8) is 0 Å². The van der Waals surface area contributed by atoms with Crippen LogP contribution in [0.5, 0.6) is 0 Å². The largest absolute Gasteiger partial charge is 0.319 e. The molecule has 0 atom stereocenters. The smallest absolute Gasteiger partial charge is 0.251 e. The van der Waals surface area contributed by atoms with Gasteiger partial charge in [0.25, 0.3) is 5.91 Å². The van der Waals surface area contributed by atoms with E-state index in [-0.39, 0.29) is 11.8 Å². The number of amides is 1. The number of aromatic nitrogens is 1. The van der Waals surface area contributed by atoms with Crippen LogP contribution >= 0.6 is 11.3 Å². The third-order valence-electron chi connectivity index (χ3n) is 6.01. The summed E-state index contributed by atoms with van der Waals surface area (Å²) < 4.78 is 30.4. The predicted molar refractivity (Wildman–Crippen MR) is 124 cm³/mol. The van der Waals surface area contributed by atoms with Crippen molar-refractivity contribution < 1.29 is 13.2 Å². The molecule has 0 spiro atoms. The minimum Gasteiger partial charge on any atom is -0.319 e. The second-order valence-electron chi connectivity index (χ2n) is 8.26. The Balaban J connectivity index is 1.52. The number of nitrogens with zero attached hydrogens (tertiary/aromatic N) is 3. The van der Waals surface area contributed by atoms with Gasteiger partial charge in [-0.05, 0) is 56.9 Å². The SMILES string of the molecule is Cc1ccc(S(=O)(=O)N2CCC(C(=O)N=c3sc4c(C)ccc(C)c4n3C)CC2)cc1. The quantitative estimate of drug-likeness (QED) is 0.602. The highest BCUT2D eigenvalue weighted by atomic mass is 32.2. The van der Waals surface area contributed by atoms with Crippen LogP contribution in [-0.2, 0) is 21.9 Å². The molecule has 8 heteroatoms. The van der Waals surface area contributed by atoms with Crippen LogP contribution < -0.4 is 4.80 Å². The summed E-state index contributed by atoms with van der Waals surface area (Å²) in [6.07, 6.45) is 0.972.